The second-order valence-corrected chi connectivity index (χ2v) is 8.88. The van der Waals surface area contributed by atoms with Gasteiger partial charge in [-0.3, -0.25) is 0 Å². The van der Waals surface area contributed by atoms with Gasteiger partial charge >= 0.3 is 0 Å². The zero-order valence-corrected chi connectivity index (χ0v) is 17.3. The molecule has 5 rings (SSSR count). The molecule has 2 aliphatic carbocycles. The maximum absolute atomic E-state index is 9.13. The van der Waals surface area contributed by atoms with E-state index < -0.39 is 0 Å². The highest BCUT2D eigenvalue weighted by Gasteiger charge is 2.38. The van der Waals surface area contributed by atoms with Crippen LogP contribution in [0.3, 0.4) is 0 Å². The van der Waals surface area contributed by atoms with Gasteiger partial charge in [0.15, 0.2) is 0 Å². The monoisotopic (exact) mass is 390 g/mol. The summed E-state index contributed by atoms with van der Waals surface area (Å²) in [6.45, 7) is 6.52. The van der Waals surface area contributed by atoms with Crippen molar-refractivity contribution in [3.05, 3.63) is 28.8 Å². The van der Waals surface area contributed by atoms with Crippen molar-refractivity contribution in [2.45, 2.75) is 57.9 Å². The number of likely N-dealkylation sites (tertiary alicyclic amines) is 1. The predicted molar refractivity (Wildman–Crippen MR) is 115 cm³/mol. The lowest BCUT2D eigenvalue weighted by Gasteiger charge is -2.17. The third-order valence-electron chi connectivity index (χ3n) is 6.71. The molecule has 3 aliphatic rings. The average molecular weight is 391 g/mol. The lowest BCUT2D eigenvalue weighted by molar-refractivity contribution is 0.262. The van der Waals surface area contributed by atoms with Crippen LogP contribution in [0.4, 0.5) is 5.82 Å². The normalized spacial score (nSPS) is 23.2. The van der Waals surface area contributed by atoms with E-state index in [1.165, 1.54) is 54.4 Å². The number of pyridine rings is 1. The van der Waals surface area contributed by atoms with Crippen LogP contribution in [0.5, 0.6) is 5.75 Å². The fourth-order valence-corrected chi connectivity index (χ4v) is 4.93. The first kappa shape index (κ1) is 18.7. The Balaban J connectivity index is 1.35. The molecule has 0 bridgehead atoms. The van der Waals surface area contributed by atoms with E-state index in [1.807, 2.05) is 0 Å². The number of aryl methyl sites for hydroxylation is 2. The molecule has 5 nitrogen and oxygen atoms in total. The van der Waals surface area contributed by atoms with Crippen LogP contribution in [0.25, 0.3) is 10.9 Å². The van der Waals surface area contributed by atoms with Gasteiger partial charge in [-0.15, -0.1) is 0 Å². The third-order valence-corrected chi connectivity index (χ3v) is 6.71. The maximum Gasteiger partial charge on any atom is 0.130 e. The Morgan fingerprint density at radius 1 is 1.21 bits per heavy atom. The molecule has 2 aromatic rings. The van der Waals surface area contributed by atoms with Crippen LogP contribution in [0.2, 0.25) is 0 Å². The molecule has 0 spiro atoms. The molecule has 2 unspecified atom stereocenters. The Labute approximate surface area is 173 Å². The van der Waals surface area contributed by atoms with Gasteiger partial charge in [-0.1, -0.05) is 0 Å². The minimum absolute atomic E-state index is 0.136. The molecule has 1 aromatic heterocycles. The zero-order valence-electron chi connectivity index (χ0n) is 17.3. The van der Waals surface area contributed by atoms with E-state index in [4.69, 9.17) is 15.0 Å². The number of nitrogens with one attached hydrogen (secondary N) is 1. The molecular weight excluding hydrogens is 360 g/mol. The fourth-order valence-electron chi connectivity index (χ4n) is 4.93. The van der Waals surface area contributed by atoms with Crippen LogP contribution in [-0.4, -0.2) is 42.2 Å². The molecule has 2 heterocycles. The van der Waals surface area contributed by atoms with Crippen LogP contribution in [0.15, 0.2) is 12.1 Å². The topological polar surface area (TPSA) is 61.2 Å². The highest BCUT2D eigenvalue weighted by atomic mass is 16.5. The minimum atomic E-state index is 0.136. The van der Waals surface area contributed by atoms with E-state index in [0.29, 0.717) is 0 Å². The predicted octanol–water partition coefficient (Wildman–Crippen LogP) is 4.22. The fraction of sp³-hybridized carbons (Fsp3) is 0.583. The number of nitrogens with zero attached hydrogens (tertiary/aromatic N) is 3. The molecule has 2 fully saturated rings. The minimum Gasteiger partial charge on any atom is -0.493 e. The summed E-state index contributed by atoms with van der Waals surface area (Å²) in [6, 6.07) is 7.02. The molecule has 1 aliphatic heterocycles. The van der Waals surface area contributed by atoms with E-state index >= 15 is 0 Å². The first-order valence-electron chi connectivity index (χ1n) is 11.2. The largest absolute Gasteiger partial charge is 0.493 e. The van der Waals surface area contributed by atoms with Crippen molar-refractivity contribution in [3.8, 4) is 11.8 Å². The Morgan fingerprint density at radius 3 is 2.83 bits per heavy atom. The van der Waals surface area contributed by atoms with Gasteiger partial charge in [0, 0.05) is 24.0 Å². The summed E-state index contributed by atoms with van der Waals surface area (Å²) in [4.78, 5) is 7.51. The maximum atomic E-state index is 9.13. The number of benzene rings is 1. The lowest BCUT2D eigenvalue weighted by Crippen LogP contribution is -2.22. The Morgan fingerprint density at radius 2 is 2.03 bits per heavy atom. The molecule has 5 heteroatoms. The molecular formula is C24H30N4O. The molecule has 1 saturated heterocycles. The number of rotatable bonds is 7. The van der Waals surface area contributed by atoms with Crippen molar-refractivity contribution < 1.29 is 4.74 Å². The summed E-state index contributed by atoms with van der Waals surface area (Å²) in [6.07, 6.45) is 8.07. The number of nitriles is 1. The molecule has 1 N–H and O–H groups in total. The Hall–Kier alpha value is -2.32. The van der Waals surface area contributed by atoms with Gasteiger partial charge in [-0.25, -0.2) is 4.98 Å². The number of ether oxygens (including phenoxy) is 1. The van der Waals surface area contributed by atoms with Gasteiger partial charge in [0.2, 0.25) is 0 Å². The molecule has 152 valence electrons. The summed E-state index contributed by atoms with van der Waals surface area (Å²) >= 11 is 0. The van der Waals surface area contributed by atoms with Crippen molar-refractivity contribution in [2.24, 2.45) is 5.92 Å². The lowest BCUT2D eigenvalue weighted by atomic mass is 10.0. The summed E-state index contributed by atoms with van der Waals surface area (Å²) < 4.78 is 6.16. The number of hydrogen-bond acceptors (Lipinski definition) is 5. The van der Waals surface area contributed by atoms with E-state index in [2.05, 4.69) is 35.3 Å². The van der Waals surface area contributed by atoms with Gasteiger partial charge in [-0.2, -0.15) is 5.26 Å². The Bertz CT molecular complexity index is 958. The van der Waals surface area contributed by atoms with Crippen LogP contribution in [0, 0.1) is 24.2 Å². The van der Waals surface area contributed by atoms with Gasteiger partial charge in [0.1, 0.15) is 11.6 Å². The summed E-state index contributed by atoms with van der Waals surface area (Å²) in [5.41, 5.74) is 5.01. The van der Waals surface area contributed by atoms with Gasteiger partial charge in [0.25, 0.3) is 0 Å². The molecule has 0 radical (unpaired) electrons. The van der Waals surface area contributed by atoms with E-state index in [0.717, 1.165) is 55.9 Å². The molecule has 29 heavy (non-hydrogen) atoms. The van der Waals surface area contributed by atoms with E-state index in [9.17, 15) is 0 Å². The Kier molecular flexibility index (Phi) is 5.05. The molecule has 2 atom stereocenters. The summed E-state index contributed by atoms with van der Waals surface area (Å²) in [7, 11) is 0. The third kappa shape index (κ3) is 3.79. The highest BCUT2D eigenvalue weighted by Crippen LogP contribution is 2.39. The quantitative estimate of drug-likeness (QED) is 0.717. The van der Waals surface area contributed by atoms with Crippen molar-refractivity contribution in [2.75, 3.05) is 31.6 Å². The SMILES string of the molecule is Cc1cc2c3c(c(NC4CC4C#N)nc2cc1OCCCN1CCCC1)CCC3. The van der Waals surface area contributed by atoms with Gasteiger partial charge < -0.3 is 15.0 Å². The smallest absolute Gasteiger partial charge is 0.130 e. The number of anilines is 1. The van der Waals surface area contributed by atoms with Crippen molar-refractivity contribution in [3.63, 3.8) is 0 Å². The van der Waals surface area contributed by atoms with E-state index in [-0.39, 0.29) is 12.0 Å². The standard InChI is InChI=1S/C24H30N4O/c1-16-12-20-18-6-4-7-19(18)24(26-21-13-17(21)15-25)27-22(20)14-23(16)29-11-5-10-28-8-2-3-9-28/h12,14,17,21H,2-11,13H2,1H3,(H,26,27). The highest BCUT2D eigenvalue weighted by molar-refractivity contribution is 5.88. The summed E-state index contributed by atoms with van der Waals surface area (Å²) in [5, 5.41) is 14.0. The average Bonchev–Trinajstić information content (AvgIpc) is 3.11. The number of aromatic nitrogens is 1. The zero-order chi connectivity index (χ0) is 19.8. The second kappa shape index (κ2) is 7.84. The molecule has 1 aromatic carbocycles. The first-order chi connectivity index (χ1) is 14.2. The second-order valence-electron chi connectivity index (χ2n) is 8.88. The van der Waals surface area contributed by atoms with Gasteiger partial charge in [0.05, 0.1) is 24.1 Å². The number of fused-ring (bicyclic) bond motifs is 3. The first-order valence-corrected chi connectivity index (χ1v) is 11.2. The van der Waals surface area contributed by atoms with Crippen LogP contribution in [-0.2, 0) is 12.8 Å². The summed E-state index contributed by atoms with van der Waals surface area (Å²) in [5.74, 6) is 2.09. The van der Waals surface area contributed by atoms with E-state index in [1.54, 1.807) is 0 Å². The van der Waals surface area contributed by atoms with Crippen molar-refractivity contribution >= 4 is 16.7 Å². The van der Waals surface area contributed by atoms with Crippen LogP contribution >= 0.6 is 0 Å². The number of hydrogen-bond donors (Lipinski definition) is 1. The van der Waals surface area contributed by atoms with Crippen LogP contribution < -0.4 is 10.1 Å². The van der Waals surface area contributed by atoms with Crippen molar-refractivity contribution in [1.29, 1.82) is 5.26 Å². The van der Waals surface area contributed by atoms with Crippen molar-refractivity contribution in [1.82, 2.24) is 9.88 Å². The molecule has 1 saturated carbocycles. The molecule has 0 amide bonds. The van der Waals surface area contributed by atoms with Gasteiger partial charge in [-0.05, 0) is 87.7 Å². The van der Waals surface area contributed by atoms with Crippen LogP contribution in [0.1, 0.15) is 48.8 Å².